The fraction of sp³-hybridized carbons (Fsp3) is 0. The van der Waals surface area contributed by atoms with Crippen LogP contribution in [0, 0.1) is 0 Å². The Hall–Kier alpha value is -2.72. The maximum atomic E-state index is 5.95. The van der Waals surface area contributed by atoms with E-state index in [1.807, 2.05) is 60.7 Å². The summed E-state index contributed by atoms with van der Waals surface area (Å²) in [4.78, 5) is 0. The van der Waals surface area contributed by atoms with Crippen molar-refractivity contribution >= 4 is 22.6 Å². The Morgan fingerprint density at radius 3 is 2.36 bits per heavy atom. The van der Waals surface area contributed by atoms with Crippen LogP contribution in [0.1, 0.15) is 0 Å². The molecule has 4 nitrogen and oxygen atoms in total. The van der Waals surface area contributed by atoms with Gasteiger partial charge in [0, 0.05) is 16.1 Å². The van der Waals surface area contributed by atoms with Crippen molar-refractivity contribution in [2.24, 2.45) is 0 Å². The quantitative estimate of drug-likeness (QED) is 0.599. The maximum absolute atomic E-state index is 5.95. The van der Waals surface area contributed by atoms with E-state index in [4.69, 9.17) is 11.6 Å². The molecule has 0 unspecified atom stereocenters. The average molecular weight is 307 g/mol. The van der Waals surface area contributed by atoms with E-state index in [2.05, 4.69) is 20.4 Å². The maximum Gasteiger partial charge on any atom is 0.203 e. The summed E-state index contributed by atoms with van der Waals surface area (Å²) in [6.45, 7) is 0. The summed E-state index contributed by atoms with van der Waals surface area (Å²) in [6.07, 6.45) is 0. The van der Waals surface area contributed by atoms with Crippen LogP contribution in [0.3, 0.4) is 0 Å². The van der Waals surface area contributed by atoms with Crippen LogP contribution in [0.5, 0.6) is 0 Å². The SMILES string of the molecule is Clc1ccc(-c2[nH]nc3nnc(-c4ccccc4)cc23)cc1. The monoisotopic (exact) mass is 306 g/mol. The molecule has 2 aromatic heterocycles. The largest absolute Gasteiger partial charge is 0.275 e. The summed E-state index contributed by atoms with van der Waals surface area (Å²) in [5.41, 5.74) is 4.38. The number of hydrogen-bond acceptors (Lipinski definition) is 3. The third-order valence-electron chi connectivity index (χ3n) is 3.52. The van der Waals surface area contributed by atoms with Crippen molar-refractivity contribution in [1.29, 1.82) is 0 Å². The molecule has 4 aromatic rings. The topological polar surface area (TPSA) is 54.5 Å². The lowest BCUT2D eigenvalue weighted by molar-refractivity contribution is 1.03. The van der Waals surface area contributed by atoms with Crippen LogP contribution in [0.25, 0.3) is 33.5 Å². The minimum absolute atomic E-state index is 0.602. The highest BCUT2D eigenvalue weighted by Gasteiger charge is 2.11. The van der Waals surface area contributed by atoms with Crippen LogP contribution >= 0.6 is 11.6 Å². The Morgan fingerprint density at radius 1 is 0.818 bits per heavy atom. The number of aromatic amines is 1. The van der Waals surface area contributed by atoms with Gasteiger partial charge in [-0.25, -0.2) is 0 Å². The number of rotatable bonds is 2. The normalized spacial score (nSPS) is 11.0. The minimum Gasteiger partial charge on any atom is -0.275 e. The number of benzene rings is 2. The molecule has 0 spiro atoms. The van der Waals surface area contributed by atoms with E-state index in [1.165, 1.54) is 0 Å². The second kappa shape index (κ2) is 5.24. The number of halogens is 1. The number of hydrogen-bond donors (Lipinski definition) is 1. The Morgan fingerprint density at radius 2 is 1.59 bits per heavy atom. The molecule has 4 rings (SSSR count). The number of nitrogens with zero attached hydrogens (tertiary/aromatic N) is 3. The van der Waals surface area contributed by atoms with Crippen molar-refractivity contribution < 1.29 is 0 Å². The molecule has 0 saturated heterocycles. The van der Waals surface area contributed by atoms with Gasteiger partial charge >= 0.3 is 0 Å². The number of H-pyrrole nitrogens is 1. The Labute approximate surface area is 131 Å². The molecule has 0 aliphatic rings. The third-order valence-corrected chi connectivity index (χ3v) is 3.77. The van der Waals surface area contributed by atoms with E-state index in [0.717, 1.165) is 27.9 Å². The molecule has 1 N–H and O–H groups in total. The van der Waals surface area contributed by atoms with Crippen molar-refractivity contribution in [3.05, 3.63) is 65.7 Å². The zero-order valence-corrected chi connectivity index (χ0v) is 12.2. The fourth-order valence-electron chi connectivity index (χ4n) is 2.41. The number of fused-ring (bicyclic) bond motifs is 1. The summed E-state index contributed by atoms with van der Waals surface area (Å²) >= 11 is 5.95. The lowest BCUT2D eigenvalue weighted by Gasteiger charge is -2.01. The van der Waals surface area contributed by atoms with Gasteiger partial charge in [-0.2, -0.15) is 5.10 Å². The second-order valence-corrected chi connectivity index (χ2v) is 5.37. The van der Waals surface area contributed by atoms with Crippen molar-refractivity contribution in [3.8, 4) is 22.5 Å². The zero-order valence-electron chi connectivity index (χ0n) is 11.5. The first kappa shape index (κ1) is 13.0. The predicted octanol–water partition coefficient (Wildman–Crippen LogP) is 4.34. The summed E-state index contributed by atoms with van der Waals surface area (Å²) in [5.74, 6) is 0. The van der Waals surface area contributed by atoms with Crippen LogP contribution in [0.2, 0.25) is 5.02 Å². The summed E-state index contributed by atoms with van der Waals surface area (Å²) in [5, 5.41) is 17.3. The third kappa shape index (κ3) is 2.23. The van der Waals surface area contributed by atoms with Gasteiger partial charge in [-0.3, -0.25) is 5.10 Å². The van der Waals surface area contributed by atoms with E-state index in [-0.39, 0.29) is 0 Å². The second-order valence-electron chi connectivity index (χ2n) is 4.94. The molecule has 0 amide bonds. The van der Waals surface area contributed by atoms with Crippen molar-refractivity contribution in [2.45, 2.75) is 0 Å². The van der Waals surface area contributed by atoms with E-state index in [9.17, 15) is 0 Å². The number of nitrogens with one attached hydrogen (secondary N) is 1. The van der Waals surface area contributed by atoms with E-state index in [0.29, 0.717) is 10.7 Å². The molecule has 0 bridgehead atoms. The lowest BCUT2D eigenvalue weighted by Crippen LogP contribution is -1.88. The first-order chi connectivity index (χ1) is 10.8. The summed E-state index contributed by atoms with van der Waals surface area (Å²) < 4.78 is 0. The van der Waals surface area contributed by atoms with Crippen molar-refractivity contribution in [1.82, 2.24) is 20.4 Å². The van der Waals surface area contributed by atoms with Gasteiger partial charge in [-0.1, -0.05) is 54.1 Å². The highest BCUT2D eigenvalue weighted by molar-refractivity contribution is 6.30. The molecule has 5 heteroatoms. The zero-order chi connectivity index (χ0) is 14.9. The molecule has 0 radical (unpaired) electrons. The molecule has 0 aliphatic carbocycles. The highest BCUT2D eigenvalue weighted by Crippen LogP contribution is 2.28. The van der Waals surface area contributed by atoms with Gasteiger partial charge in [-0.05, 0) is 18.2 Å². The lowest BCUT2D eigenvalue weighted by atomic mass is 10.1. The van der Waals surface area contributed by atoms with Crippen molar-refractivity contribution in [3.63, 3.8) is 0 Å². The van der Waals surface area contributed by atoms with Gasteiger partial charge in [0.05, 0.1) is 16.8 Å². The Kier molecular flexibility index (Phi) is 3.09. The first-order valence-corrected chi connectivity index (χ1v) is 7.22. The van der Waals surface area contributed by atoms with Crippen LogP contribution in [0.4, 0.5) is 0 Å². The molecule has 22 heavy (non-hydrogen) atoms. The average Bonchev–Trinajstić information content (AvgIpc) is 2.99. The molecular formula is C17H11ClN4. The smallest absolute Gasteiger partial charge is 0.203 e. The van der Waals surface area contributed by atoms with Crippen LogP contribution < -0.4 is 0 Å². The van der Waals surface area contributed by atoms with Crippen LogP contribution in [0.15, 0.2) is 60.7 Å². The predicted molar refractivity (Wildman–Crippen MR) is 87.6 cm³/mol. The van der Waals surface area contributed by atoms with E-state index in [1.54, 1.807) is 0 Å². The molecule has 0 atom stereocenters. The minimum atomic E-state index is 0.602. The first-order valence-electron chi connectivity index (χ1n) is 6.84. The van der Waals surface area contributed by atoms with Gasteiger partial charge in [0.1, 0.15) is 0 Å². The molecule has 106 valence electrons. The fourth-order valence-corrected chi connectivity index (χ4v) is 2.53. The van der Waals surface area contributed by atoms with E-state index >= 15 is 0 Å². The van der Waals surface area contributed by atoms with Gasteiger partial charge in [0.2, 0.25) is 5.65 Å². The summed E-state index contributed by atoms with van der Waals surface area (Å²) in [6, 6.07) is 19.6. The van der Waals surface area contributed by atoms with Crippen molar-refractivity contribution in [2.75, 3.05) is 0 Å². The molecule has 0 aliphatic heterocycles. The molecular weight excluding hydrogens is 296 g/mol. The molecule has 0 fully saturated rings. The summed E-state index contributed by atoms with van der Waals surface area (Å²) in [7, 11) is 0. The van der Waals surface area contributed by atoms with Gasteiger partial charge in [-0.15, -0.1) is 10.2 Å². The van der Waals surface area contributed by atoms with Gasteiger partial charge in [0.25, 0.3) is 0 Å². The standard InChI is InChI=1S/C17H11ClN4/c18-13-8-6-12(7-9-13)16-14-10-15(11-4-2-1-3-5-11)19-21-17(14)22-20-16/h1-10H,(H,20,21,22). The van der Waals surface area contributed by atoms with Crippen LogP contribution in [-0.4, -0.2) is 20.4 Å². The van der Waals surface area contributed by atoms with Gasteiger partial charge < -0.3 is 0 Å². The Bertz CT molecular complexity index is 930. The molecule has 2 heterocycles. The molecule has 0 saturated carbocycles. The highest BCUT2D eigenvalue weighted by atomic mass is 35.5. The Balaban J connectivity index is 1.88. The number of aromatic nitrogens is 4. The van der Waals surface area contributed by atoms with Crippen LogP contribution in [-0.2, 0) is 0 Å². The van der Waals surface area contributed by atoms with Gasteiger partial charge in [0.15, 0.2) is 0 Å². The molecule has 2 aromatic carbocycles. The van der Waals surface area contributed by atoms with E-state index < -0.39 is 0 Å².